The van der Waals surface area contributed by atoms with Gasteiger partial charge < -0.3 is 10.2 Å². The molecule has 3 heteroatoms. The van der Waals surface area contributed by atoms with E-state index >= 15 is 0 Å². The van der Waals surface area contributed by atoms with Crippen molar-refractivity contribution in [3.8, 4) is 0 Å². The summed E-state index contributed by atoms with van der Waals surface area (Å²) in [6.07, 6.45) is 1.22. The summed E-state index contributed by atoms with van der Waals surface area (Å²) in [4.78, 5) is 2.40. The van der Waals surface area contributed by atoms with Gasteiger partial charge in [0.25, 0.3) is 0 Å². The summed E-state index contributed by atoms with van der Waals surface area (Å²) in [5, 5.41) is 7.79. The molecule has 0 aromatic carbocycles. The molecule has 2 nitrogen and oxygen atoms in total. The van der Waals surface area contributed by atoms with Gasteiger partial charge in [-0.1, -0.05) is 6.92 Å². The minimum Gasteiger partial charge on any atom is -0.311 e. The topological polar surface area (TPSA) is 15.3 Å². The Hall–Kier alpha value is -0.380. The van der Waals surface area contributed by atoms with Gasteiger partial charge in [-0.3, -0.25) is 0 Å². The van der Waals surface area contributed by atoms with E-state index in [1.165, 1.54) is 12.0 Å². The van der Waals surface area contributed by atoms with Crippen molar-refractivity contribution in [2.45, 2.75) is 32.9 Å². The van der Waals surface area contributed by atoms with E-state index in [1.807, 2.05) is 0 Å². The molecule has 0 spiro atoms. The molecule has 0 saturated heterocycles. The van der Waals surface area contributed by atoms with Gasteiger partial charge in [0, 0.05) is 25.7 Å². The van der Waals surface area contributed by atoms with Crippen LogP contribution in [0.1, 0.15) is 25.8 Å². The number of rotatable bonds is 7. The standard InChI is InChI=1S/C12H22N2S/c1-4-11(2)14(3)7-6-13-9-12-5-8-15-10-12/h5,8,10-11,13H,4,6-7,9H2,1-3H3. The summed E-state index contributed by atoms with van der Waals surface area (Å²) in [7, 11) is 2.19. The number of nitrogens with one attached hydrogen (secondary N) is 1. The van der Waals surface area contributed by atoms with Gasteiger partial charge in [0.2, 0.25) is 0 Å². The quantitative estimate of drug-likeness (QED) is 0.719. The zero-order chi connectivity index (χ0) is 11.1. The van der Waals surface area contributed by atoms with Crippen LogP contribution in [0, 0.1) is 0 Å². The highest BCUT2D eigenvalue weighted by atomic mass is 32.1. The molecule has 0 aliphatic rings. The SMILES string of the molecule is CCC(C)N(C)CCNCc1ccsc1. The lowest BCUT2D eigenvalue weighted by Crippen LogP contribution is -2.34. The van der Waals surface area contributed by atoms with E-state index in [2.05, 4.69) is 47.9 Å². The average Bonchev–Trinajstić information content (AvgIpc) is 2.75. The molecule has 0 fully saturated rings. The normalized spacial score (nSPS) is 13.3. The molecule has 0 saturated carbocycles. The predicted molar refractivity (Wildman–Crippen MR) is 68.4 cm³/mol. The zero-order valence-corrected chi connectivity index (χ0v) is 10.8. The predicted octanol–water partition coefficient (Wildman–Crippen LogP) is 2.57. The highest BCUT2D eigenvalue weighted by Crippen LogP contribution is 2.04. The highest BCUT2D eigenvalue weighted by Gasteiger charge is 2.04. The molecule has 1 heterocycles. The smallest absolute Gasteiger partial charge is 0.0214 e. The molecular weight excluding hydrogens is 204 g/mol. The summed E-state index contributed by atoms with van der Waals surface area (Å²) in [5.41, 5.74) is 1.39. The van der Waals surface area contributed by atoms with E-state index in [4.69, 9.17) is 0 Å². The summed E-state index contributed by atoms with van der Waals surface area (Å²) in [5.74, 6) is 0. The van der Waals surface area contributed by atoms with Gasteiger partial charge in [0.15, 0.2) is 0 Å². The Kier molecular flexibility index (Phi) is 5.91. The van der Waals surface area contributed by atoms with E-state index in [1.54, 1.807) is 11.3 Å². The molecule has 0 radical (unpaired) electrons. The maximum Gasteiger partial charge on any atom is 0.0214 e. The maximum atomic E-state index is 3.46. The molecule has 1 N–H and O–H groups in total. The second-order valence-corrected chi connectivity index (χ2v) is 4.83. The lowest BCUT2D eigenvalue weighted by molar-refractivity contribution is 0.252. The fourth-order valence-corrected chi connectivity index (χ4v) is 2.08. The molecule has 0 bridgehead atoms. The Balaban J connectivity index is 2.06. The summed E-state index contributed by atoms with van der Waals surface area (Å²) >= 11 is 1.76. The van der Waals surface area contributed by atoms with Crippen molar-refractivity contribution in [2.75, 3.05) is 20.1 Å². The lowest BCUT2D eigenvalue weighted by atomic mass is 10.2. The van der Waals surface area contributed by atoms with Crippen LogP contribution in [0.5, 0.6) is 0 Å². The van der Waals surface area contributed by atoms with E-state index in [0.717, 1.165) is 19.6 Å². The third-order valence-electron chi connectivity index (χ3n) is 2.89. The molecular formula is C12H22N2S. The molecule has 1 aromatic heterocycles. The lowest BCUT2D eigenvalue weighted by Gasteiger charge is -2.23. The number of hydrogen-bond donors (Lipinski definition) is 1. The largest absolute Gasteiger partial charge is 0.311 e. The van der Waals surface area contributed by atoms with Gasteiger partial charge in [-0.2, -0.15) is 11.3 Å². The van der Waals surface area contributed by atoms with Gasteiger partial charge in [0.05, 0.1) is 0 Å². The number of nitrogens with zero attached hydrogens (tertiary/aromatic N) is 1. The summed E-state index contributed by atoms with van der Waals surface area (Å²) in [6, 6.07) is 2.86. The molecule has 0 aliphatic carbocycles. The molecule has 0 aliphatic heterocycles. The van der Waals surface area contributed by atoms with Crippen LogP contribution in [0.4, 0.5) is 0 Å². The van der Waals surface area contributed by atoms with Gasteiger partial charge in [-0.05, 0) is 42.8 Å². The van der Waals surface area contributed by atoms with Crippen LogP contribution in [-0.4, -0.2) is 31.1 Å². The second-order valence-electron chi connectivity index (χ2n) is 4.05. The van der Waals surface area contributed by atoms with Crippen LogP contribution in [0.2, 0.25) is 0 Å². The average molecular weight is 226 g/mol. The van der Waals surface area contributed by atoms with Crippen molar-refractivity contribution in [3.05, 3.63) is 22.4 Å². The Labute approximate surface area is 97.3 Å². The van der Waals surface area contributed by atoms with Crippen LogP contribution in [0.25, 0.3) is 0 Å². The second kappa shape index (κ2) is 6.99. The van der Waals surface area contributed by atoms with Crippen LogP contribution in [0.15, 0.2) is 16.8 Å². The third kappa shape index (κ3) is 4.78. The van der Waals surface area contributed by atoms with E-state index in [0.29, 0.717) is 6.04 Å². The number of hydrogen-bond acceptors (Lipinski definition) is 3. The van der Waals surface area contributed by atoms with Crippen molar-refractivity contribution in [1.82, 2.24) is 10.2 Å². The van der Waals surface area contributed by atoms with Crippen molar-refractivity contribution < 1.29 is 0 Å². The van der Waals surface area contributed by atoms with E-state index in [-0.39, 0.29) is 0 Å². The fraction of sp³-hybridized carbons (Fsp3) is 0.667. The van der Waals surface area contributed by atoms with Crippen LogP contribution in [0.3, 0.4) is 0 Å². The molecule has 1 aromatic rings. The maximum absolute atomic E-state index is 3.46. The highest BCUT2D eigenvalue weighted by molar-refractivity contribution is 7.07. The summed E-state index contributed by atoms with van der Waals surface area (Å²) < 4.78 is 0. The van der Waals surface area contributed by atoms with Crippen molar-refractivity contribution in [1.29, 1.82) is 0 Å². The number of likely N-dealkylation sites (N-methyl/N-ethyl adjacent to an activating group) is 1. The first kappa shape index (κ1) is 12.7. The Morgan fingerprint density at radius 2 is 2.33 bits per heavy atom. The van der Waals surface area contributed by atoms with Gasteiger partial charge in [0.1, 0.15) is 0 Å². The van der Waals surface area contributed by atoms with Crippen LogP contribution >= 0.6 is 11.3 Å². The first-order valence-corrected chi connectivity index (χ1v) is 6.60. The van der Waals surface area contributed by atoms with Gasteiger partial charge in [-0.15, -0.1) is 0 Å². The van der Waals surface area contributed by atoms with Crippen LogP contribution in [-0.2, 0) is 6.54 Å². The first-order valence-electron chi connectivity index (χ1n) is 5.66. The first-order chi connectivity index (χ1) is 7.24. The third-order valence-corrected chi connectivity index (χ3v) is 3.63. The Morgan fingerprint density at radius 3 is 2.93 bits per heavy atom. The summed E-state index contributed by atoms with van der Waals surface area (Å²) in [6.45, 7) is 7.70. The van der Waals surface area contributed by atoms with Crippen molar-refractivity contribution in [2.24, 2.45) is 0 Å². The fourth-order valence-electron chi connectivity index (χ4n) is 1.41. The minimum absolute atomic E-state index is 0.688. The van der Waals surface area contributed by atoms with Crippen molar-refractivity contribution in [3.63, 3.8) is 0 Å². The molecule has 1 unspecified atom stereocenters. The minimum atomic E-state index is 0.688. The number of thiophene rings is 1. The van der Waals surface area contributed by atoms with E-state index < -0.39 is 0 Å². The molecule has 0 amide bonds. The van der Waals surface area contributed by atoms with Crippen molar-refractivity contribution >= 4 is 11.3 Å². The monoisotopic (exact) mass is 226 g/mol. The molecule has 86 valence electrons. The zero-order valence-electron chi connectivity index (χ0n) is 9.99. The van der Waals surface area contributed by atoms with Gasteiger partial charge >= 0.3 is 0 Å². The Morgan fingerprint density at radius 1 is 1.53 bits per heavy atom. The van der Waals surface area contributed by atoms with Crippen LogP contribution < -0.4 is 5.32 Å². The molecule has 15 heavy (non-hydrogen) atoms. The molecule has 1 atom stereocenters. The van der Waals surface area contributed by atoms with E-state index in [9.17, 15) is 0 Å². The molecule has 1 rings (SSSR count). The Bertz CT molecular complexity index is 246. The van der Waals surface area contributed by atoms with Gasteiger partial charge in [-0.25, -0.2) is 0 Å².